The molecule has 0 atom stereocenters. The SMILES string of the molecule is CCc1ccc(N=Nc2ccc(N=Nc3ccc(C(F)(F)F)cc3)cc2)cc1.Nc1ccc(N=Nc2ccc(C(F)(F)F)cc2)cc1.Nc1ccc(N=Nc2ccc(N=Nc3ccc(C(F)(F)F)cc3)cc2)cc1.O=S(=O)([O-])CNc1ccc(N=Nc2ccc(N=Nc3ccc(C(F)(F)F)cc3)cc2)cc1.O=S(=O)([O-])CNc1ccccc1.[Na+].[Na+]. The van der Waals surface area contributed by atoms with Gasteiger partial charge in [-0.15, -0.1) is 0 Å². The first-order chi connectivity index (χ1) is 55.9. The molecule has 0 saturated carbocycles. The average molecular weight is 1710 g/mol. The number of azo groups is 7. The predicted molar refractivity (Wildman–Crippen MR) is 421 cm³/mol. The number of nitrogens with two attached hydrogens (primary N) is 2. The van der Waals surface area contributed by atoms with Crippen LogP contribution in [0.5, 0.6) is 0 Å². The van der Waals surface area contributed by atoms with Crippen molar-refractivity contribution < 1.29 is 138 Å². The van der Waals surface area contributed by atoms with E-state index in [9.17, 15) is 78.6 Å². The van der Waals surface area contributed by atoms with Gasteiger partial charge >= 0.3 is 83.8 Å². The first-order valence-electron chi connectivity index (χ1n) is 34.2. The van der Waals surface area contributed by atoms with Gasteiger partial charge in [-0.05, 0) is 279 Å². The summed E-state index contributed by atoms with van der Waals surface area (Å²) in [6.45, 7) is 2.09. The quantitative estimate of drug-likeness (QED) is 0.0173. The van der Waals surface area contributed by atoms with E-state index < -0.39 is 78.9 Å². The van der Waals surface area contributed by atoms with Gasteiger partial charge in [0.2, 0.25) is 0 Å². The summed E-state index contributed by atoms with van der Waals surface area (Å²) in [6.07, 6.45) is -16.5. The van der Waals surface area contributed by atoms with E-state index in [4.69, 9.17) is 11.5 Å². The number of rotatable bonds is 21. The van der Waals surface area contributed by atoms with Crippen LogP contribution in [0.3, 0.4) is 0 Å². The summed E-state index contributed by atoms with van der Waals surface area (Å²) in [4.78, 5) is 0. The molecule has 0 radical (unpaired) electrons. The van der Waals surface area contributed by atoms with E-state index in [-0.39, 0.29) is 64.8 Å². The Morgan fingerprint density at radius 3 is 0.592 bits per heavy atom. The summed E-state index contributed by atoms with van der Waals surface area (Å²) >= 11 is 0. The van der Waals surface area contributed by atoms with Gasteiger partial charge in [0.15, 0.2) is 0 Å². The van der Waals surface area contributed by atoms with Gasteiger partial charge in [0, 0.05) is 22.7 Å². The molecule has 6 N–H and O–H groups in total. The smallest absolute Gasteiger partial charge is 0.747 e. The molecule has 24 nitrogen and oxygen atoms in total. The maximum Gasteiger partial charge on any atom is 1.00 e. The van der Waals surface area contributed by atoms with Crippen LogP contribution in [0.15, 0.2) is 369 Å². The van der Waals surface area contributed by atoms with Gasteiger partial charge in [-0.2, -0.15) is 124 Å². The number of halogens is 12. The Bertz CT molecular complexity index is 5630. The number of nitrogens with zero attached hydrogens (tertiary/aromatic N) is 14. The molecular weight excluding hydrogens is 1650 g/mol. The third-order valence-electron chi connectivity index (χ3n) is 15.0. The van der Waals surface area contributed by atoms with Crippen LogP contribution in [0.4, 0.5) is 155 Å². The monoisotopic (exact) mass is 1710 g/mol. The number of aryl methyl sites for hydroxylation is 1. The maximum absolute atomic E-state index is 12.6. The van der Waals surface area contributed by atoms with E-state index in [1.165, 1.54) is 54.1 Å². The minimum Gasteiger partial charge on any atom is -0.747 e. The van der Waals surface area contributed by atoms with Crippen molar-refractivity contribution in [3.8, 4) is 0 Å². The molecule has 0 amide bonds. The summed E-state index contributed by atoms with van der Waals surface area (Å²) in [6, 6.07) is 74.5. The van der Waals surface area contributed by atoms with Gasteiger partial charge in [-0.3, -0.25) is 0 Å². The second kappa shape index (κ2) is 46.4. The van der Waals surface area contributed by atoms with Gasteiger partial charge in [-0.25, -0.2) is 16.8 Å². The zero-order chi connectivity index (χ0) is 85.4. The molecule has 120 heavy (non-hydrogen) atoms. The zero-order valence-electron chi connectivity index (χ0n) is 63.1. The van der Waals surface area contributed by atoms with Crippen molar-refractivity contribution in [3.63, 3.8) is 0 Å². The summed E-state index contributed by atoms with van der Waals surface area (Å²) in [7, 11) is -8.55. The van der Waals surface area contributed by atoms with Crippen LogP contribution < -0.4 is 81.2 Å². The Hall–Kier alpha value is -12.0. The number of alkyl halides is 12. The van der Waals surface area contributed by atoms with Crippen molar-refractivity contribution in [3.05, 3.63) is 325 Å². The fraction of sp³-hybridized carbons (Fsp3) is 0.100. The minimum absolute atomic E-state index is 0. The maximum atomic E-state index is 12.6. The van der Waals surface area contributed by atoms with Gasteiger partial charge in [0.05, 0.1) is 102 Å². The molecule has 0 heterocycles. The molecule has 0 bridgehead atoms. The molecular formula is C80H64F12N18Na2O6S2. The molecule has 0 aliphatic carbocycles. The van der Waals surface area contributed by atoms with Crippen molar-refractivity contribution >= 4 is 123 Å². The number of hydrogen-bond donors (Lipinski definition) is 4. The second-order valence-electron chi connectivity index (χ2n) is 24.0. The average Bonchev–Trinajstić information content (AvgIpc) is 0.863. The molecule has 0 aromatic heterocycles. The van der Waals surface area contributed by atoms with Crippen molar-refractivity contribution in [2.24, 2.45) is 71.6 Å². The molecule has 12 aromatic carbocycles. The van der Waals surface area contributed by atoms with E-state index in [0.717, 1.165) is 60.6 Å². The zero-order valence-corrected chi connectivity index (χ0v) is 68.8. The summed E-state index contributed by atoms with van der Waals surface area (Å²) in [5, 5.41) is 61.1. The van der Waals surface area contributed by atoms with Gasteiger partial charge in [0.1, 0.15) is 32.0 Å². The van der Waals surface area contributed by atoms with Crippen LogP contribution in [-0.4, -0.2) is 37.7 Å². The number of para-hydroxylation sites is 1. The van der Waals surface area contributed by atoms with Crippen molar-refractivity contribution in [2.75, 3.05) is 33.9 Å². The molecule has 0 aliphatic heterocycles. The largest absolute Gasteiger partial charge is 1.00 e. The summed E-state index contributed by atoms with van der Waals surface area (Å²) < 4.78 is 212. The molecule has 12 rings (SSSR count). The van der Waals surface area contributed by atoms with E-state index in [1.54, 1.807) is 176 Å². The molecule has 0 spiro atoms. The molecule has 0 aliphatic rings. The van der Waals surface area contributed by atoms with E-state index in [1.807, 2.05) is 24.3 Å². The third kappa shape index (κ3) is 36.5. The van der Waals surface area contributed by atoms with E-state index in [0.29, 0.717) is 91.0 Å². The van der Waals surface area contributed by atoms with Gasteiger partial charge in [-0.1, -0.05) is 37.3 Å². The molecule has 0 unspecified atom stereocenters. The van der Waals surface area contributed by atoms with Crippen molar-refractivity contribution in [1.29, 1.82) is 0 Å². The molecule has 0 fully saturated rings. The van der Waals surface area contributed by atoms with Crippen LogP contribution in [0, 0.1) is 0 Å². The third-order valence-corrected chi connectivity index (χ3v) is 16.0. The number of nitrogens with one attached hydrogen (secondary N) is 2. The second-order valence-corrected chi connectivity index (χ2v) is 26.8. The Morgan fingerprint density at radius 1 is 0.258 bits per heavy atom. The van der Waals surface area contributed by atoms with E-state index in [2.05, 4.69) is 89.2 Å². The fourth-order valence-electron chi connectivity index (χ4n) is 8.86. The standard InChI is InChI=1S/C21H17F3N4.C20H16F3N5O3S.C19H14F3N5.C13H10F3N3.C7H9NO3S.2Na/c1-2-15-3-7-17(8-4-15)25-27-19-11-13-20(14-12-19)28-26-18-9-5-16(6-10-18)21(22,23)24;21-20(22,23)14-1-3-16(4-2-14)25-27-18-9-11-19(12-10-18)28-26-17-7-5-15(6-8-17)24-13-32(29,30)31;20-19(21,22)13-1-5-15(6-2-13)24-26-17-9-11-18(12-10-17)27-25-16-7-3-14(23)4-8-16;14-13(15,16)9-1-5-11(6-2-9)18-19-12-7-3-10(17)4-8-12;9-12(10,11)6-8-7-4-2-1-3-5-7;;/h3-14H,2H2,1H3;1-12,24H,13H2,(H,29,30,31);1-12H,23H2;1-8H,17H2;1-5,8H,6H2,(H,9,10,11);;/q;;;;;2*+1/p-2. The van der Waals surface area contributed by atoms with Crippen LogP contribution in [0.25, 0.3) is 0 Å². The van der Waals surface area contributed by atoms with Crippen LogP contribution in [-0.2, 0) is 51.4 Å². The van der Waals surface area contributed by atoms with Gasteiger partial charge in [0.25, 0.3) is 0 Å². The molecule has 12 aromatic rings. The summed E-state index contributed by atoms with van der Waals surface area (Å²) in [5.74, 6) is -1.28. The molecule has 40 heteroatoms. The Balaban J connectivity index is 0.000000238. The van der Waals surface area contributed by atoms with Crippen LogP contribution in [0.2, 0.25) is 0 Å². The number of anilines is 4. The first kappa shape index (κ1) is 96.9. The number of hydrogen-bond acceptors (Lipinski definition) is 24. The normalized spacial score (nSPS) is 11.9. The topological polar surface area (TPSA) is 364 Å². The van der Waals surface area contributed by atoms with Crippen molar-refractivity contribution in [2.45, 2.75) is 38.0 Å². The van der Waals surface area contributed by atoms with Crippen LogP contribution >= 0.6 is 0 Å². The predicted octanol–water partition coefficient (Wildman–Crippen LogP) is 21.0. The minimum atomic E-state index is -4.40. The molecule has 608 valence electrons. The Labute approximate surface area is 723 Å². The first-order valence-corrected chi connectivity index (χ1v) is 37.3. The van der Waals surface area contributed by atoms with Crippen LogP contribution in [0.1, 0.15) is 34.7 Å². The fourth-order valence-corrected chi connectivity index (χ4v) is 9.55. The molecule has 0 saturated heterocycles. The van der Waals surface area contributed by atoms with Gasteiger partial charge < -0.3 is 31.2 Å². The Kier molecular flexibility index (Phi) is 37.4. The Morgan fingerprint density at radius 2 is 0.417 bits per heavy atom. The van der Waals surface area contributed by atoms with Crippen molar-refractivity contribution in [1.82, 2.24) is 0 Å². The van der Waals surface area contributed by atoms with E-state index >= 15 is 0 Å². The number of nitrogen functional groups attached to an aromatic ring is 2. The summed E-state index contributed by atoms with van der Waals surface area (Å²) in [5.41, 5.74) is 19.0. The number of benzene rings is 12.